The van der Waals surface area contributed by atoms with Crippen LogP contribution in [-0.4, -0.2) is 96.2 Å². The maximum Gasteiger partial charge on any atom is 0.409 e. The standard InChI is InChI=1S/C26H34N4O6/c1-3-35-26(34)28-14-12-27(13-15-28)21(31)16-29-22-19-6-4-5-7-20(19)36-23(22)24(32)30(25(29)33)18-10-8-17(2)9-11-18/h8-11,19-20,22-23H,3-7,12-16H2,1-2H3. The second kappa shape index (κ2) is 10.1. The van der Waals surface area contributed by atoms with E-state index in [9.17, 15) is 19.2 Å². The van der Waals surface area contributed by atoms with Crippen LogP contribution in [0.1, 0.15) is 38.2 Å². The Labute approximate surface area is 211 Å². The lowest BCUT2D eigenvalue weighted by Gasteiger charge is -2.44. The van der Waals surface area contributed by atoms with Gasteiger partial charge >= 0.3 is 12.1 Å². The molecule has 1 aromatic rings. The maximum absolute atomic E-state index is 13.8. The van der Waals surface area contributed by atoms with E-state index in [0.717, 1.165) is 31.2 Å². The van der Waals surface area contributed by atoms with Crippen molar-refractivity contribution in [3.8, 4) is 0 Å². The highest BCUT2D eigenvalue weighted by Gasteiger charge is 2.58. The molecule has 5 amide bonds. The van der Waals surface area contributed by atoms with Crippen molar-refractivity contribution in [3.63, 3.8) is 0 Å². The van der Waals surface area contributed by atoms with Gasteiger partial charge in [0.1, 0.15) is 6.54 Å². The van der Waals surface area contributed by atoms with E-state index in [1.165, 1.54) is 4.90 Å². The number of ether oxygens (including phenoxy) is 2. The number of amides is 5. The lowest BCUT2D eigenvalue weighted by molar-refractivity contribution is -0.138. The molecule has 1 saturated carbocycles. The van der Waals surface area contributed by atoms with Crippen LogP contribution in [0.5, 0.6) is 0 Å². The molecule has 0 N–H and O–H groups in total. The SMILES string of the molecule is CCOC(=O)N1CCN(C(=O)CN2C(=O)N(c3ccc(C)cc3)C(=O)C3OC4CCCCC4C32)CC1. The molecule has 4 fully saturated rings. The maximum atomic E-state index is 13.8. The summed E-state index contributed by atoms with van der Waals surface area (Å²) in [6, 6.07) is 6.30. The third-order valence-corrected chi connectivity index (χ3v) is 7.84. The van der Waals surface area contributed by atoms with E-state index in [0.29, 0.717) is 38.5 Å². The van der Waals surface area contributed by atoms with Gasteiger partial charge in [0, 0.05) is 32.1 Å². The summed E-state index contributed by atoms with van der Waals surface area (Å²) in [4.78, 5) is 58.8. The summed E-state index contributed by atoms with van der Waals surface area (Å²) in [5, 5.41) is 0. The predicted molar refractivity (Wildman–Crippen MR) is 130 cm³/mol. The highest BCUT2D eigenvalue weighted by atomic mass is 16.6. The molecule has 1 aliphatic carbocycles. The van der Waals surface area contributed by atoms with Crippen molar-refractivity contribution in [1.82, 2.24) is 14.7 Å². The van der Waals surface area contributed by atoms with E-state index in [1.807, 2.05) is 19.1 Å². The number of piperazine rings is 1. The van der Waals surface area contributed by atoms with Crippen LogP contribution >= 0.6 is 0 Å². The van der Waals surface area contributed by atoms with Crippen molar-refractivity contribution in [3.05, 3.63) is 29.8 Å². The average Bonchev–Trinajstić information content (AvgIpc) is 3.28. The summed E-state index contributed by atoms with van der Waals surface area (Å²) in [6.07, 6.45) is 2.57. The normalized spacial score (nSPS) is 28.2. The topological polar surface area (TPSA) is 99.7 Å². The van der Waals surface area contributed by atoms with Gasteiger partial charge in [-0.1, -0.05) is 30.5 Å². The van der Waals surface area contributed by atoms with Crippen LogP contribution in [0.25, 0.3) is 0 Å². The third kappa shape index (κ3) is 4.42. The zero-order valence-electron chi connectivity index (χ0n) is 20.9. The zero-order valence-corrected chi connectivity index (χ0v) is 20.9. The third-order valence-electron chi connectivity index (χ3n) is 7.84. The fourth-order valence-corrected chi connectivity index (χ4v) is 5.96. The number of hydrogen-bond donors (Lipinski definition) is 0. The quantitative estimate of drug-likeness (QED) is 0.632. The minimum atomic E-state index is -0.773. The highest BCUT2D eigenvalue weighted by molar-refractivity contribution is 6.18. The first kappa shape index (κ1) is 24.5. The zero-order chi connectivity index (χ0) is 25.4. The molecule has 4 unspecified atom stereocenters. The van der Waals surface area contributed by atoms with Gasteiger partial charge in [-0.15, -0.1) is 0 Å². The van der Waals surface area contributed by atoms with Crippen LogP contribution < -0.4 is 4.90 Å². The van der Waals surface area contributed by atoms with E-state index in [-0.39, 0.29) is 36.5 Å². The van der Waals surface area contributed by atoms with Gasteiger partial charge in [0.05, 0.1) is 24.4 Å². The molecule has 0 spiro atoms. The number of rotatable bonds is 4. The van der Waals surface area contributed by atoms with E-state index in [2.05, 4.69) is 0 Å². The molecule has 4 atom stereocenters. The van der Waals surface area contributed by atoms with Crippen LogP contribution in [0.3, 0.4) is 0 Å². The van der Waals surface area contributed by atoms with Gasteiger partial charge < -0.3 is 24.2 Å². The minimum absolute atomic E-state index is 0.0466. The summed E-state index contributed by atoms with van der Waals surface area (Å²) < 4.78 is 11.3. The second-order valence-electron chi connectivity index (χ2n) is 10.0. The van der Waals surface area contributed by atoms with Crippen molar-refractivity contribution < 1.29 is 28.7 Å². The second-order valence-corrected chi connectivity index (χ2v) is 10.0. The Morgan fingerprint density at radius 3 is 2.36 bits per heavy atom. The Hall–Kier alpha value is -3.14. The van der Waals surface area contributed by atoms with Gasteiger partial charge in [-0.3, -0.25) is 9.59 Å². The Morgan fingerprint density at radius 2 is 1.67 bits per heavy atom. The number of carbonyl (C=O) groups is 4. The van der Waals surface area contributed by atoms with Crippen LogP contribution in [0.2, 0.25) is 0 Å². The molecule has 0 aromatic heterocycles. The van der Waals surface area contributed by atoms with Crippen molar-refractivity contribution in [1.29, 1.82) is 0 Å². The Balaban J connectivity index is 1.36. The Kier molecular flexibility index (Phi) is 6.87. The Morgan fingerprint density at radius 1 is 1.00 bits per heavy atom. The van der Waals surface area contributed by atoms with E-state index in [4.69, 9.17) is 9.47 Å². The molecule has 36 heavy (non-hydrogen) atoms. The number of aryl methyl sites for hydroxylation is 1. The number of anilines is 1. The molecule has 5 rings (SSSR count). The smallest absolute Gasteiger partial charge is 0.409 e. The predicted octanol–water partition coefficient (Wildman–Crippen LogP) is 2.39. The fourth-order valence-electron chi connectivity index (χ4n) is 5.96. The van der Waals surface area contributed by atoms with Crippen LogP contribution in [0, 0.1) is 12.8 Å². The van der Waals surface area contributed by atoms with E-state index >= 15 is 0 Å². The van der Waals surface area contributed by atoms with Crippen LogP contribution in [0.15, 0.2) is 24.3 Å². The molecule has 3 aliphatic heterocycles. The van der Waals surface area contributed by atoms with Crippen LogP contribution in [-0.2, 0) is 19.1 Å². The molecular weight excluding hydrogens is 464 g/mol. The first-order valence-corrected chi connectivity index (χ1v) is 12.9. The molecule has 3 saturated heterocycles. The summed E-state index contributed by atoms with van der Waals surface area (Å²) >= 11 is 0. The van der Waals surface area contributed by atoms with Crippen molar-refractivity contribution in [2.45, 2.75) is 57.8 Å². The minimum Gasteiger partial charge on any atom is -0.450 e. The van der Waals surface area contributed by atoms with Crippen molar-refractivity contribution in [2.75, 3.05) is 44.2 Å². The summed E-state index contributed by atoms with van der Waals surface area (Å²) in [5.41, 5.74) is 1.50. The van der Waals surface area contributed by atoms with Crippen molar-refractivity contribution in [2.24, 2.45) is 5.92 Å². The summed E-state index contributed by atoms with van der Waals surface area (Å²) in [6.45, 7) is 5.39. The highest BCUT2D eigenvalue weighted by Crippen LogP contribution is 2.43. The first-order chi connectivity index (χ1) is 17.4. The first-order valence-electron chi connectivity index (χ1n) is 12.9. The number of urea groups is 1. The monoisotopic (exact) mass is 498 g/mol. The number of benzene rings is 1. The molecule has 0 bridgehead atoms. The van der Waals surface area contributed by atoms with Gasteiger partial charge in [0.2, 0.25) is 5.91 Å². The van der Waals surface area contributed by atoms with Gasteiger partial charge in [-0.25, -0.2) is 14.5 Å². The molecule has 1 aromatic carbocycles. The molecule has 10 nitrogen and oxygen atoms in total. The van der Waals surface area contributed by atoms with E-state index in [1.54, 1.807) is 33.8 Å². The van der Waals surface area contributed by atoms with Gasteiger partial charge in [-0.2, -0.15) is 0 Å². The fraction of sp³-hybridized carbons (Fsp3) is 0.615. The van der Waals surface area contributed by atoms with Crippen molar-refractivity contribution >= 4 is 29.6 Å². The molecule has 10 heteroatoms. The number of imide groups is 1. The molecule has 194 valence electrons. The Bertz CT molecular complexity index is 1020. The van der Waals surface area contributed by atoms with Gasteiger partial charge in [0.15, 0.2) is 6.10 Å². The lowest BCUT2D eigenvalue weighted by atomic mass is 9.81. The van der Waals surface area contributed by atoms with Gasteiger partial charge in [-0.05, 0) is 38.8 Å². The lowest BCUT2D eigenvalue weighted by Crippen LogP contribution is -2.66. The summed E-state index contributed by atoms with van der Waals surface area (Å²) in [5.74, 6) is -0.497. The number of nitrogens with zero attached hydrogens (tertiary/aromatic N) is 4. The summed E-state index contributed by atoms with van der Waals surface area (Å²) in [7, 11) is 0. The van der Waals surface area contributed by atoms with Crippen LogP contribution in [0.4, 0.5) is 15.3 Å². The number of fused-ring (bicyclic) bond motifs is 3. The van der Waals surface area contributed by atoms with Gasteiger partial charge in [0.25, 0.3) is 5.91 Å². The molecule has 3 heterocycles. The molecule has 0 radical (unpaired) electrons. The van der Waals surface area contributed by atoms with E-state index < -0.39 is 18.2 Å². The number of carbonyl (C=O) groups excluding carboxylic acids is 4. The average molecular weight is 499 g/mol. The number of hydrogen-bond acceptors (Lipinski definition) is 6. The largest absolute Gasteiger partial charge is 0.450 e. The molecule has 4 aliphatic rings. The molecular formula is C26H34N4O6.